The summed E-state index contributed by atoms with van der Waals surface area (Å²) in [4.78, 5) is 0.197. The van der Waals surface area contributed by atoms with E-state index < -0.39 is 10.0 Å². The Labute approximate surface area is 137 Å². The number of halogens is 1. The highest BCUT2D eigenvalue weighted by Gasteiger charge is 2.24. The van der Waals surface area contributed by atoms with Crippen LogP contribution in [0.4, 0.5) is 5.82 Å². The Bertz CT molecular complexity index is 871. The predicted molar refractivity (Wildman–Crippen MR) is 87.1 cm³/mol. The number of hydrogen-bond donors (Lipinski definition) is 1. The van der Waals surface area contributed by atoms with Crippen molar-refractivity contribution in [1.82, 2.24) is 9.78 Å². The summed E-state index contributed by atoms with van der Waals surface area (Å²) in [5.41, 5.74) is 2.05. The molecular weight excluding hydrogens is 368 g/mol. The van der Waals surface area contributed by atoms with Gasteiger partial charge in [-0.25, -0.2) is 8.42 Å². The van der Waals surface area contributed by atoms with E-state index in [4.69, 9.17) is 0 Å². The van der Waals surface area contributed by atoms with Gasteiger partial charge in [0.05, 0.1) is 10.6 Å². The van der Waals surface area contributed by atoms with Gasteiger partial charge in [0.15, 0.2) is 5.82 Å². The van der Waals surface area contributed by atoms with Crippen LogP contribution in [0, 0.1) is 32.1 Å². The lowest BCUT2D eigenvalue weighted by Crippen LogP contribution is -2.17. The van der Waals surface area contributed by atoms with Gasteiger partial charge in [-0.3, -0.25) is 9.40 Å². The Morgan fingerprint density at radius 1 is 1.27 bits per heavy atom. The van der Waals surface area contributed by atoms with Crippen molar-refractivity contribution in [2.45, 2.75) is 25.7 Å². The molecule has 0 aliphatic rings. The molecule has 0 unspecified atom stereocenters. The molecule has 0 aliphatic carbocycles. The second-order valence-corrected chi connectivity index (χ2v) is 7.55. The number of anilines is 1. The van der Waals surface area contributed by atoms with Crippen LogP contribution in [-0.4, -0.2) is 18.2 Å². The molecule has 2 rings (SSSR count). The molecule has 0 saturated carbocycles. The predicted octanol–water partition coefficient (Wildman–Crippen LogP) is 2.78. The Morgan fingerprint density at radius 3 is 2.32 bits per heavy atom. The smallest absolute Gasteiger partial charge is 0.263 e. The van der Waals surface area contributed by atoms with Gasteiger partial charge in [-0.2, -0.15) is 10.4 Å². The molecule has 2 aromatic rings. The molecule has 6 nitrogen and oxygen atoms in total. The highest BCUT2D eigenvalue weighted by molar-refractivity contribution is 9.10. The van der Waals surface area contributed by atoms with Gasteiger partial charge >= 0.3 is 0 Å². The minimum atomic E-state index is -3.83. The molecule has 0 atom stereocenters. The second-order valence-electron chi connectivity index (χ2n) is 5.02. The maximum Gasteiger partial charge on any atom is 0.263 e. The number of aromatic nitrogens is 2. The standard InChI is InChI=1S/C14H15BrN4O2S/c1-8-5-11(15)6-9(2)13(8)22(20,21)18-14-12(7-16)10(3)19(4)17-14/h5-6H,1-4H3,(H,17,18). The van der Waals surface area contributed by atoms with Crippen LogP contribution in [0.5, 0.6) is 0 Å². The Morgan fingerprint density at radius 2 is 1.82 bits per heavy atom. The quantitative estimate of drug-likeness (QED) is 0.883. The summed E-state index contributed by atoms with van der Waals surface area (Å²) in [5, 5.41) is 13.2. The van der Waals surface area contributed by atoms with Crippen LogP contribution in [0.3, 0.4) is 0 Å². The highest BCUT2D eigenvalue weighted by atomic mass is 79.9. The molecule has 22 heavy (non-hydrogen) atoms. The van der Waals surface area contributed by atoms with E-state index in [0.29, 0.717) is 16.8 Å². The molecule has 0 fully saturated rings. The van der Waals surface area contributed by atoms with E-state index in [1.807, 2.05) is 6.07 Å². The Hall–Kier alpha value is -1.85. The molecule has 0 saturated heterocycles. The first kappa shape index (κ1) is 16.5. The summed E-state index contributed by atoms with van der Waals surface area (Å²) in [7, 11) is -2.17. The summed E-state index contributed by atoms with van der Waals surface area (Å²) in [5.74, 6) is 0.0456. The Balaban J connectivity index is 2.55. The van der Waals surface area contributed by atoms with Crippen molar-refractivity contribution in [2.24, 2.45) is 7.05 Å². The van der Waals surface area contributed by atoms with Gasteiger partial charge in [-0.05, 0) is 44.0 Å². The summed E-state index contributed by atoms with van der Waals surface area (Å²) < 4.78 is 30.0. The van der Waals surface area contributed by atoms with Gasteiger partial charge in [0.2, 0.25) is 0 Å². The van der Waals surface area contributed by atoms with Gasteiger partial charge in [0.25, 0.3) is 10.0 Å². The fourth-order valence-corrected chi connectivity index (χ4v) is 4.46. The first-order valence-corrected chi connectivity index (χ1v) is 8.68. The van der Waals surface area contributed by atoms with E-state index in [9.17, 15) is 13.7 Å². The van der Waals surface area contributed by atoms with Crippen LogP contribution < -0.4 is 4.72 Å². The van der Waals surface area contributed by atoms with Crippen molar-refractivity contribution >= 4 is 31.8 Å². The molecule has 0 amide bonds. The van der Waals surface area contributed by atoms with E-state index in [1.165, 1.54) is 4.68 Å². The number of sulfonamides is 1. The van der Waals surface area contributed by atoms with Crippen molar-refractivity contribution in [2.75, 3.05) is 4.72 Å². The zero-order chi connectivity index (χ0) is 16.7. The molecule has 1 heterocycles. The molecule has 1 N–H and O–H groups in total. The largest absolute Gasteiger partial charge is 0.269 e. The van der Waals surface area contributed by atoms with Gasteiger partial charge in [-0.15, -0.1) is 0 Å². The number of nitrogens with zero attached hydrogens (tertiary/aromatic N) is 3. The SMILES string of the molecule is Cc1cc(Br)cc(C)c1S(=O)(=O)Nc1nn(C)c(C)c1C#N. The van der Waals surface area contributed by atoms with Crippen molar-refractivity contribution < 1.29 is 8.42 Å². The first-order valence-electron chi connectivity index (χ1n) is 6.40. The van der Waals surface area contributed by atoms with Crippen molar-refractivity contribution in [3.63, 3.8) is 0 Å². The molecule has 1 aromatic heterocycles. The lowest BCUT2D eigenvalue weighted by Gasteiger charge is -2.12. The monoisotopic (exact) mass is 382 g/mol. The van der Waals surface area contributed by atoms with Gasteiger partial charge < -0.3 is 0 Å². The normalized spacial score (nSPS) is 11.3. The molecule has 0 radical (unpaired) electrons. The van der Waals surface area contributed by atoms with Crippen LogP contribution in [0.1, 0.15) is 22.4 Å². The van der Waals surface area contributed by atoms with Crippen molar-refractivity contribution in [3.05, 3.63) is 39.0 Å². The summed E-state index contributed by atoms with van der Waals surface area (Å²) in [6.45, 7) is 5.15. The van der Waals surface area contributed by atoms with Gasteiger partial charge in [0, 0.05) is 11.5 Å². The molecule has 0 spiro atoms. The second kappa shape index (κ2) is 5.74. The fourth-order valence-electron chi connectivity index (χ4n) is 2.31. The maximum absolute atomic E-state index is 12.7. The summed E-state index contributed by atoms with van der Waals surface area (Å²) in [6, 6.07) is 5.44. The molecule has 116 valence electrons. The summed E-state index contributed by atoms with van der Waals surface area (Å²) >= 11 is 3.34. The molecule has 0 aliphatic heterocycles. The van der Waals surface area contributed by atoms with E-state index in [2.05, 4.69) is 25.8 Å². The van der Waals surface area contributed by atoms with Crippen LogP contribution in [0.15, 0.2) is 21.5 Å². The van der Waals surface area contributed by atoms with Crippen LogP contribution in [0.2, 0.25) is 0 Å². The number of nitrogens with one attached hydrogen (secondary N) is 1. The minimum absolute atomic E-state index is 0.0456. The van der Waals surface area contributed by atoms with E-state index in [1.54, 1.807) is 40.0 Å². The van der Waals surface area contributed by atoms with Gasteiger partial charge in [0.1, 0.15) is 11.6 Å². The molecule has 1 aromatic carbocycles. The molecule has 0 bridgehead atoms. The third-order valence-electron chi connectivity index (χ3n) is 3.37. The number of rotatable bonds is 3. The topological polar surface area (TPSA) is 87.8 Å². The average molecular weight is 383 g/mol. The Kier molecular flexibility index (Phi) is 4.31. The van der Waals surface area contributed by atoms with E-state index in [-0.39, 0.29) is 16.3 Å². The fraction of sp³-hybridized carbons (Fsp3) is 0.286. The number of aryl methyl sites for hydroxylation is 3. The van der Waals surface area contributed by atoms with Crippen LogP contribution in [0.25, 0.3) is 0 Å². The highest BCUT2D eigenvalue weighted by Crippen LogP contribution is 2.27. The maximum atomic E-state index is 12.7. The van der Waals surface area contributed by atoms with E-state index >= 15 is 0 Å². The first-order chi connectivity index (χ1) is 10.2. The van der Waals surface area contributed by atoms with E-state index in [0.717, 1.165) is 4.47 Å². The average Bonchev–Trinajstić information content (AvgIpc) is 2.61. The zero-order valence-electron chi connectivity index (χ0n) is 12.6. The van der Waals surface area contributed by atoms with Crippen LogP contribution in [-0.2, 0) is 17.1 Å². The van der Waals surface area contributed by atoms with Gasteiger partial charge in [-0.1, -0.05) is 15.9 Å². The number of nitriles is 1. The number of hydrogen-bond acceptors (Lipinski definition) is 4. The molecular formula is C14H15BrN4O2S. The minimum Gasteiger partial charge on any atom is -0.269 e. The lowest BCUT2D eigenvalue weighted by molar-refractivity contribution is 0.599. The third kappa shape index (κ3) is 2.87. The van der Waals surface area contributed by atoms with Crippen molar-refractivity contribution in [3.8, 4) is 6.07 Å². The summed E-state index contributed by atoms with van der Waals surface area (Å²) in [6.07, 6.45) is 0. The zero-order valence-corrected chi connectivity index (χ0v) is 15.0. The third-order valence-corrected chi connectivity index (χ3v) is 5.47. The lowest BCUT2D eigenvalue weighted by atomic mass is 10.2. The molecule has 8 heteroatoms. The van der Waals surface area contributed by atoms with Crippen molar-refractivity contribution in [1.29, 1.82) is 5.26 Å². The number of benzene rings is 1. The van der Waals surface area contributed by atoms with Crippen LogP contribution >= 0.6 is 15.9 Å².